The van der Waals surface area contributed by atoms with Gasteiger partial charge in [0, 0.05) is 25.9 Å². The predicted molar refractivity (Wildman–Crippen MR) is 83.6 cm³/mol. The Morgan fingerprint density at radius 3 is 2.40 bits per heavy atom. The van der Waals surface area contributed by atoms with Crippen LogP contribution in [0.15, 0.2) is 12.1 Å². The summed E-state index contributed by atoms with van der Waals surface area (Å²) in [7, 11) is 1.76. The number of rotatable bonds is 3. The van der Waals surface area contributed by atoms with Crippen LogP contribution >= 0.6 is 0 Å². The smallest absolute Gasteiger partial charge is 0.0716 e. The second-order valence-electron chi connectivity index (χ2n) is 6.58. The van der Waals surface area contributed by atoms with Crippen LogP contribution in [-0.4, -0.2) is 33.4 Å². The molecule has 2 rings (SSSR count). The first-order valence-electron chi connectivity index (χ1n) is 7.39. The average molecular weight is 277 g/mol. The summed E-state index contributed by atoms with van der Waals surface area (Å²) in [6.45, 7) is 13.3. The maximum absolute atomic E-state index is 5.46. The highest BCUT2D eigenvalue weighted by atomic mass is 16.5. The highest BCUT2D eigenvalue weighted by molar-refractivity contribution is 5.58. The van der Waals surface area contributed by atoms with Gasteiger partial charge in [0.25, 0.3) is 0 Å². The fourth-order valence-corrected chi connectivity index (χ4v) is 2.87. The first kappa shape index (κ1) is 15.3. The second kappa shape index (κ2) is 6.15. The molecule has 20 heavy (non-hydrogen) atoms. The number of anilines is 1. The maximum Gasteiger partial charge on any atom is 0.0716 e. The van der Waals surface area contributed by atoms with Crippen LogP contribution in [0.4, 0.5) is 5.69 Å². The van der Waals surface area contributed by atoms with Gasteiger partial charge < -0.3 is 14.4 Å². The Hall–Kier alpha value is -1.06. The molecule has 112 valence electrons. The van der Waals surface area contributed by atoms with E-state index in [0.29, 0.717) is 6.61 Å². The van der Waals surface area contributed by atoms with Gasteiger partial charge in [-0.1, -0.05) is 26.8 Å². The molecule has 1 aromatic carbocycles. The zero-order valence-electron chi connectivity index (χ0n) is 13.5. The summed E-state index contributed by atoms with van der Waals surface area (Å²) in [4.78, 5) is 2.44. The number of benzene rings is 1. The number of ether oxygens (including phenoxy) is 2. The van der Waals surface area contributed by atoms with Gasteiger partial charge in [0.1, 0.15) is 0 Å². The molecule has 0 unspecified atom stereocenters. The van der Waals surface area contributed by atoms with Crippen molar-refractivity contribution in [1.29, 1.82) is 0 Å². The third kappa shape index (κ3) is 3.33. The van der Waals surface area contributed by atoms with Crippen molar-refractivity contribution in [2.45, 2.75) is 39.7 Å². The van der Waals surface area contributed by atoms with Crippen molar-refractivity contribution in [2.75, 3.05) is 38.3 Å². The van der Waals surface area contributed by atoms with Crippen LogP contribution in [-0.2, 0) is 21.5 Å². The summed E-state index contributed by atoms with van der Waals surface area (Å²) < 4.78 is 10.8. The lowest BCUT2D eigenvalue weighted by Gasteiger charge is -2.33. The minimum Gasteiger partial charge on any atom is -0.380 e. The number of aryl methyl sites for hydroxylation is 1. The van der Waals surface area contributed by atoms with Crippen molar-refractivity contribution in [3.8, 4) is 0 Å². The van der Waals surface area contributed by atoms with Crippen LogP contribution in [0.25, 0.3) is 0 Å². The maximum atomic E-state index is 5.46. The molecule has 0 amide bonds. The number of morpholine rings is 1. The first-order valence-corrected chi connectivity index (χ1v) is 7.39. The zero-order chi connectivity index (χ0) is 14.8. The van der Waals surface area contributed by atoms with Crippen LogP contribution in [0.5, 0.6) is 0 Å². The van der Waals surface area contributed by atoms with Crippen molar-refractivity contribution in [3.05, 3.63) is 28.8 Å². The van der Waals surface area contributed by atoms with Crippen molar-refractivity contribution >= 4 is 5.69 Å². The lowest BCUT2D eigenvalue weighted by molar-refractivity contribution is 0.122. The Labute approximate surface area is 122 Å². The number of hydrogen-bond donors (Lipinski definition) is 0. The van der Waals surface area contributed by atoms with Crippen molar-refractivity contribution in [1.82, 2.24) is 0 Å². The van der Waals surface area contributed by atoms with E-state index in [4.69, 9.17) is 9.47 Å². The van der Waals surface area contributed by atoms with Gasteiger partial charge >= 0.3 is 0 Å². The molecule has 0 atom stereocenters. The highest BCUT2D eigenvalue weighted by Gasteiger charge is 2.22. The molecular weight excluding hydrogens is 250 g/mol. The van der Waals surface area contributed by atoms with Gasteiger partial charge in [0.2, 0.25) is 0 Å². The van der Waals surface area contributed by atoms with E-state index in [2.05, 4.69) is 44.7 Å². The third-order valence-corrected chi connectivity index (χ3v) is 3.88. The van der Waals surface area contributed by atoms with E-state index >= 15 is 0 Å². The van der Waals surface area contributed by atoms with Crippen molar-refractivity contribution in [3.63, 3.8) is 0 Å². The normalized spacial score (nSPS) is 16.6. The minimum absolute atomic E-state index is 0.128. The Kier molecular flexibility index (Phi) is 4.71. The van der Waals surface area contributed by atoms with Gasteiger partial charge in [-0.2, -0.15) is 0 Å². The Morgan fingerprint density at radius 2 is 1.85 bits per heavy atom. The van der Waals surface area contributed by atoms with Gasteiger partial charge in [-0.05, 0) is 35.1 Å². The van der Waals surface area contributed by atoms with Crippen LogP contribution < -0.4 is 4.90 Å². The van der Waals surface area contributed by atoms with E-state index in [1.807, 2.05) is 0 Å². The van der Waals surface area contributed by atoms with Crippen LogP contribution in [0.3, 0.4) is 0 Å². The molecule has 0 saturated carbocycles. The zero-order valence-corrected chi connectivity index (χ0v) is 13.5. The molecule has 0 radical (unpaired) electrons. The molecule has 1 aliphatic heterocycles. The number of nitrogens with zero attached hydrogens (tertiary/aromatic N) is 1. The molecule has 0 N–H and O–H groups in total. The molecule has 1 saturated heterocycles. The van der Waals surface area contributed by atoms with Crippen LogP contribution in [0.1, 0.15) is 37.5 Å². The van der Waals surface area contributed by atoms with E-state index in [1.165, 1.54) is 22.4 Å². The fraction of sp³-hybridized carbons (Fsp3) is 0.647. The highest BCUT2D eigenvalue weighted by Crippen LogP contribution is 2.33. The predicted octanol–water partition coefficient (Wildman–Crippen LogP) is 3.28. The van der Waals surface area contributed by atoms with E-state index in [-0.39, 0.29) is 5.41 Å². The minimum atomic E-state index is 0.128. The van der Waals surface area contributed by atoms with Crippen molar-refractivity contribution in [2.24, 2.45) is 0 Å². The summed E-state index contributed by atoms with van der Waals surface area (Å²) in [6.07, 6.45) is 0. The van der Waals surface area contributed by atoms with Gasteiger partial charge in [0.05, 0.1) is 19.8 Å². The third-order valence-electron chi connectivity index (χ3n) is 3.88. The molecule has 1 fully saturated rings. The average Bonchev–Trinajstić information content (AvgIpc) is 2.39. The Morgan fingerprint density at radius 1 is 1.20 bits per heavy atom. The van der Waals surface area contributed by atoms with E-state index in [0.717, 1.165) is 26.3 Å². The van der Waals surface area contributed by atoms with E-state index in [1.54, 1.807) is 7.11 Å². The molecule has 0 bridgehead atoms. The largest absolute Gasteiger partial charge is 0.380 e. The lowest BCUT2D eigenvalue weighted by atomic mass is 9.82. The van der Waals surface area contributed by atoms with Crippen LogP contribution in [0, 0.1) is 6.92 Å². The molecule has 3 nitrogen and oxygen atoms in total. The first-order chi connectivity index (χ1) is 9.43. The summed E-state index contributed by atoms with van der Waals surface area (Å²) >= 11 is 0. The summed E-state index contributed by atoms with van der Waals surface area (Å²) in [6, 6.07) is 4.64. The van der Waals surface area contributed by atoms with Crippen molar-refractivity contribution < 1.29 is 9.47 Å². The van der Waals surface area contributed by atoms with Crippen LogP contribution in [0.2, 0.25) is 0 Å². The lowest BCUT2D eigenvalue weighted by Crippen LogP contribution is -2.37. The molecule has 3 heteroatoms. The van der Waals surface area contributed by atoms with Gasteiger partial charge in [-0.15, -0.1) is 0 Å². The number of methoxy groups -OCH3 is 1. The molecule has 1 aromatic rings. The molecule has 0 aromatic heterocycles. The molecule has 1 aliphatic rings. The monoisotopic (exact) mass is 277 g/mol. The van der Waals surface area contributed by atoms with E-state index in [9.17, 15) is 0 Å². The summed E-state index contributed by atoms with van der Waals surface area (Å²) in [5, 5.41) is 0. The fourth-order valence-electron chi connectivity index (χ4n) is 2.87. The molecule has 0 aliphatic carbocycles. The topological polar surface area (TPSA) is 21.7 Å². The quantitative estimate of drug-likeness (QED) is 0.846. The van der Waals surface area contributed by atoms with Gasteiger partial charge in [-0.25, -0.2) is 0 Å². The van der Waals surface area contributed by atoms with E-state index < -0.39 is 0 Å². The second-order valence-corrected chi connectivity index (χ2v) is 6.58. The molecule has 1 heterocycles. The Bertz CT molecular complexity index is 457. The van der Waals surface area contributed by atoms with Gasteiger partial charge in [-0.3, -0.25) is 0 Å². The molecule has 0 spiro atoms. The standard InChI is InChI=1S/C17H27NO2/c1-13-10-14(12-19-5)15(17(2,3)4)11-16(13)18-6-8-20-9-7-18/h10-11H,6-9,12H2,1-5H3. The Balaban J connectivity index is 2.42. The van der Waals surface area contributed by atoms with Gasteiger partial charge in [0.15, 0.2) is 0 Å². The summed E-state index contributed by atoms with van der Waals surface area (Å²) in [5.74, 6) is 0. The SMILES string of the molecule is COCc1cc(C)c(N2CCOCC2)cc1C(C)(C)C. The molecular formula is C17H27NO2. The summed E-state index contributed by atoms with van der Waals surface area (Å²) in [5.41, 5.74) is 5.48. The number of hydrogen-bond acceptors (Lipinski definition) is 3.